The lowest BCUT2D eigenvalue weighted by atomic mass is 10.2. The minimum absolute atomic E-state index is 0.183. The molecule has 15 heavy (non-hydrogen) atoms. The molecule has 0 aliphatic heterocycles. The summed E-state index contributed by atoms with van der Waals surface area (Å²) in [7, 11) is -4.67. The van der Waals surface area contributed by atoms with E-state index in [1.807, 2.05) is 0 Å². The van der Waals surface area contributed by atoms with Crippen LogP contribution in [-0.4, -0.2) is 22.4 Å². The fourth-order valence-electron chi connectivity index (χ4n) is 0.768. The molecular formula is C7H9NO6S. The molecule has 0 heterocycles. The monoisotopic (exact) mass is 235 g/mol. The van der Waals surface area contributed by atoms with Gasteiger partial charge in [0.25, 0.3) is 5.69 Å². The lowest BCUT2D eigenvalue weighted by molar-refractivity contribution is -0.385. The van der Waals surface area contributed by atoms with Crippen LogP contribution in [0.15, 0.2) is 24.3 Å². The van der Waals surface area contributed by atoms with Crippen molar-refractivity contribution in [3.8, 4) is 0 Å². The molecule has 7 nitrogen and oxygen atoms in total. The lowest BCUT2D eigenvalue weighted by Crippen LogP contribution is -1.89. The summed E-state index contributed by atoms with van der Waals surface area (Å²) in [4.78, 5) is 9.85. The minimum atomic E-state index is -4.67. The van der Waals surface area contributed by atoms with Crippen LogP contribution in [-0.2, 0) is 10.4 Å². The minimum Gasteiger partial charge on any atom is -0.264 e. The number of aryl methyl sites for hydroxylation is 1. The van der Waals surface area contributed by atoms with Crippen molar-refractivity contribution in [2.24, 2.45) is 0 Å². The molecule has 0 aliphatic carbocycles. The van der Waals surface area contributed by atoms with Crippen LogP contribution in [0.25, 0.3) is 0 Å². The Morgan fingerprint density at radius 3 is 1.93 bits per heavy atom. The molecule has 0 amide bonds. The van der Waals surface area contributed by atoms with E-state index in [9.17, 15) is 10.1 Å². The topological polar surface area (TPSA) is 118 Å². The van der Waals surface area contributed by atoms with Crippen molar-refractivity contribution in [1.29, 1.82) is 0 Å². The summed E-state index contributed by atoms with van der Waals surface area (Å²) in [5.41, 5.74) is 0.884. The van der Waals surface area contributed by atoms with Crippen molar-refractivity contribution in [3.63, 3.8) is 0 Å². The van der Waals surface area contributed by atoms with E-state index in [0.717, 1.165) is 0 Å². The van der Waals surface area contributed by atoms with E-state index in [-0.39, 0.29) is 10.6 Å². The molecule has 1 rings (SSSR count). The van der Waals surface area contributed by atoms with Crippen LogP contribution in [0.3, 0.4) is 0 Å². The summed E-state index contributed by atoms with van der Waals surface area (Å²) >= 11 is 0. The summed E-state index contributed by atoms with van der Waals surface area (Å²) in [6.45, 7) is 1.72. The molecule has 0 bridgehead atoms. The van der Waals surface area contributed by atoms with Gasteiger partial charge in [-0.1, -0.05) is 18.2 Å². The molecule has 0 aromatic heterocycles. The van der Waals surface area contributed by atoms with Crippen LogP contribution in [0.2, 0.25) is 0 Å². The van der Waals surface area contributed by atoms with E-state index in [0.29, 0.717) is 5.56 Å². The Hall–Kier alpha value is -1.51. The second-order valence-electron chi connectivity index (χ2n) is 2.49. The van der Waals surface area contributed by atoms with Gasteiger partial charge in [0, 0.05) is 11.6 Å². The highest BCUT2D eigenvalue weighted by atomic mass is 32.3. The third kappa shape index (κ3) is 7.55. The van der Waals surface area contributed by atoms with Gasteiger partial charge in [0.15, 0.2) is 0 Å². The smallest absolute Gasteiger partial charge is 0.264 e. The number of nitro groups is 1. The third-order valence-electron chi connectivity index (χ3n) is 1.31. The highest BCUT2D eigenvalue weighted by Crippen LogP contribution is 2.14. The average molecular weight is 235 g/mol. The Balaban J connectivity index is 0.000000336. The Morgan fingerprint density at radius 1 is 1.27 bits per heavy atom. The van der Waals surface area contributed by atoms with Crippen molar-refractivity contribution in [3.05, 3.63) is 39.9 Å². The first-order valence-electron chi connectivity index (χ1n) is 3.61. The van der Waals surface area contributed by atoms with E-state index in [4.69, 9.17) is 17.5 Å². The standard InChI is InChI=1S/C7H7NO2.H2O4S/c1-6-4-2-3-5-7(6)8(9)10;1-5(2,3)4/h2-5H,1H3;(H2,1,2,3,4). The quantitative estimate of drug-likeness (QED) is 0.429. The number of nitrogens with zero attached hydrogens (tertiary/aromatic N) is 1. The molecule has 1 aromatic rings. The predicted octanol–water partition coefficient (Wildman–Crippen LogP) is 1.25. The molecule has 0 saturated heterocycles. The fourth-order valence-corrected chi connectivity index (χ4v) is 0.768. The van der Waals surface area contributed by atoms with E-state index >= 15 is 0 Å². The number of hydrogen-bond donors (Lipinski definition) is 2. The first-order valence-corrected chi connectivity index (χ1v) is 5.01. The molecule has 0 aliphatic rings. The van der Waals surface area contributed by atoms with Gasteiger partial charge in [-0.15, -0.1) is 0 Å². The van der Waals surface area contributed by atoms with E-state index in [1.54, 1.807) is 25.1 Å². The van der Waals surface area contributed by atoms with Crippen LogP contribution >= 0.6 is 0 Å². The predicted molar refractivity (Wildman–Crippen MR) is 52.0 cm³/mol. The van der Waals surface area contributed by atoms with Crippen molar-refractivity contribution in [2.75, 3.05) is 0 Å². The summed E-state index contributed by atoms with van der Waals surface area (Å²) in [5.74, 6) is 0. The summed E-state index contributed by atoms with van der Waals surface area (Å²) in [6, 6.07) is 6.65. The van der Waals surface area contributed by atoms with E-state index in [1.165, 1.54) is 6.07 Å². The van der Waals surface area contributed by atoms with E-state index < -0.39 is 10.4 Å². The van der Waals surface area contributed by atoms with E-state index in [2.05, 4.69) is 0 Å². The molecule has 84 valence electrons. The Morgan fingerprint density at radius 2 is 1.67 bits per heavy atom. The van der Waals surface area contributed by atoms with Crippen molar-refractivity contribution in [1.82, 2.24) is 0 Å². The Kier molecular flexibility index (Phi) is 4.85. The molecule has 2 N–H and O–H groups in total. The van der Waals surface area contributed by atoms with Crippen LogP contribution in [0.5, 0.6) is 0 Å². The van der Waals surface area contributed by atoms with Crippen LogP contribution in [0, 0.1) is 17.0 Å². The maximum atomic E-state index is 10.2. The number of benzene rings is 1. The van der Waals surface area contributed by atoms with Gasteiger partial charge < -0.3 is 0 Å². The molecule has 8 heteroatoms. The summed E-state index contributed by atoms with van der Waals surface area (Å²) in [5, 5.41) is 10.2. The van der Waals surface area contributed by atoms with Gasteiger partial charge in [0.05, 0.1) is 4.92 Å². The van der Waals surface area contributed by atoms with Gasteiger partial charge >= 0.3 is 10.4 Å². The fraction of sp³-hybridized carbons (Fsp3) is 0.143. The van der Waals surface area contributed by atoms with Gasteiger partial charge in [-0.25, -0.2) is 0 Å². The zero-order valence-corrected chi connectivity index (χ0v) is 8.51. The average Bonchev–Trinajstić information content (AvgIpc) is 2.01. The number of hydrogen-bond acceptors (Lipinski definition) is 4. The zero-order valence-electron chi connectivity index (χ0n) is 7.69. The molecular weight excluding hydrogens is 226 g/mol. The van der Waals surface area contributed by atoms with Crippen LogP contribution in [0.4, 0.5) is 5.69 Å². The van der Waals surface area contributed by atoms with Gasteiger partial charge in [0.2, 0.25) is 0 Å². The van der Waals surface area contributed by atoms with Crippen LogP contribution in [0.1, 0.15) is 5.56 Å². The SMILES string of the molecule is Cc1ccccc1[N+](=O)[O-].O=S(=O)(O)O. The summed E-state index contributed by atoms with van der Waals surface area (Å²) < 4.78 is 31.6. The molecule has 0 fully saturated rings. The molecule has 0 saturated carbocycles. The van der Waals surface area contributed by atoms with Crippen LogP contribution < -0.4 is 0 Å². The van der Waals surface area contributed by atoms with Gasteiger partial charge in [-0.2, -0.15) is 8.42 Å². The first kappa shape index (κ1) is 13.5. The lowest BCUT2D eigenvalue weighted by Gasteiger charge is -1.92. The summed E-state index contributed by atoms with van der Waals surface area (Å²) in [6.07, 6.45) is 0. The second kappa shape index (κ2) is 5.39. The molecule has 0 spiro atoms. The number of para-hydroxylation sites is 1. The van der Waals surface area contributed by atoms with Gasteiger partial charge in [-0.3, -0.25) is 19.2 Å². The Bertz CT molecular complexity index is 433. The van der Waals surface area contributed by atoms with Crippen molar-refractivity contribution in [2.45, 2.75) is 6.92 Å². The maximum absolute atomic E-state index is 10.2. The highest BCUT2D eigenvalue weighted by Gasteiger charge is 2.05. The normalized spacial score (nSPS) is 10.1. The first-order chi connectivity index (χ1) is 6.72. The largest absolute Gasteiger partial charge is 0.394 e. The highest BCUT2D eigenvalue weighted by molar-refractivity contribution is 7.79. The molecule has 0 unspecified atom stereocenters. The van der Waals surface area contributed by atoms with Gasteiger partial charge in [0.1, 0.15) is 0 Å². The van der Waals surface area contributed by atoms with Gasteiger partial charge in [-0.05, 0) is 6.92 Å². The van der Waals surface area contributed by atoms with Crippen molar-refractivity contribution < 1.29 is 22.4 Å². The molecule has 1 aromatic carbocycles. The maximum Gasteiger partial charge on any atom is 0.394 e. The molecule has 0 atom stereocenters. The third-order valence-corrected chi connectivity index (χ3v) is 1.31. The second-order valence-corrected chi connectivity index (χ2v) is 3.39. The number of rotatable bonds is 1. The number of nitro benzene ring substituents is 1. The Labute approximate surface area is 86.1 Å². The molecule has 0 radical (unpaired) electrons. The zero-order chi connectivity index (χ0) is 12.1. The van der Waals surface area contributed by atoms with Crippen molar-refractivity contribution >= 4 is 16.1 Å².